The maximum atomic E-state index is 4.76. The highest BCUT2D eigenvalue weighted by atomic mass is 15.2. The first-order chi connectivity index (χ1) is 13.9. The van der Waals surface area contributed by atoms with Crippen molar-refractivity contribution in [1.29, 1.82) is 0 Å². The molecule has 1 aliphatic carbocycles. The highest BCUT2D eigenvalue weighted by Gasteiger charge is 2.16. The number of nitrogens with zero attached hydrogens (tertiary/aromatic N) is 3. The number of rotatable bonds is 7. The van der Waals surface area contributed by atoms with Gasteiger partial charge in [0.15, 0.2) is 0 Å². The van der Waals surface area contributed by atoms with Crippen molar-refractivity contribution in [2.24, 2.45) is 5.92 Å². The fraction of sp³-hybridized carbons (Fsp3) is 0.591. The van der Waals surface area contributed by atoms with Gasteiger partial charge in [-0.2, -0.15) is 4.98 Å². The summed E-state index contributed by atoms with van der Waals surface area (Å²) < 4.78 is 0. The second kappa shape index (κ2) is 9.82. The molecule has 0 bridgehead atoms. The third kappa shape index (κ3) is 5.41. The number of hydrogen-bond acceptors (Lipinski definition) is 6. The molecule has 3 N–H and O–H groups in total. The molecule has 2 fully saturated rings. The maximum Gasteiger partial charge on any atom is 0.225 e. The number of nitrogens with one attached hydrogen (secondary N) is 3. The summed E-state index contributed by atoms with van der Waals surface area (Å²) in [4.78, 5) is 14.0. The molecule has 1 saturated heterocycles. The molecule has 6 nitrogen and oxygen atoms in total. The fourth-order valence-electron chi connectivity index (χ4n) is 4.25. The molecule has 2 aromatic heterocycles. The molecule has 2 aliphatic rings. The maximum absolute atomic E-state index is 4.76. The van der Waals surface area contributed by atoms with Gasteiger partial charge < -0.3 is 16.0 Å². The topological polar surface area (TPSA) is 74.8 Å². The zero-order valence-corrected chi connectivity index (χ0v) is 16.7. The molecule has 3 heterocycles. The van der Waals surface area contributed by atoms with E-state index < -0.39 is 0 Å². The van der Waals surface area contributed by atoms with E-state index in [0.717, 1.165) is 48.7 Å². The molecule has 28 heavy (non-hydrogen) atoms. The summed E-state index contributed by atoms with van der Waals surface area (Å²) in [6, 6.07) is 8.45. The van der Waals surface area contributed by atoms with Gasteiger partial charge in [0.05, 0.1) is 11.4 Å². The van der Waals surface area contributed by atoms with E-state index in [9.17, 15) is 0 Å². The first-order valence-corrected chi connectivity index (χ1v) is 10.9. The Morgan fingerprint density at radius 2 is 1.82 bits per heavy atom. The van der Waals surface area contributed by atoms with Crippen molar-refractivity contribution in [3.8, 4) is 11.4 Å². The first kappa shape index (κ1) is 19.1. The summed E-state index contributed by atoms with van der Waals surface area (Å²) in [5.74, 6) is 2.42. The van der Waals surface area contributed by atoms with Gasteiger partial charge in [-0.05, 0) is 63.2 Å². The molecule has 2 aromatic rings. The third-order valence-electron chi connectivity index (χ3n) is 5.91. The van der Waals surface area contributed by atoms with Crippen LogP contribution in [0.15, 0.2) is 30.5 Å². The van der Waals surface area contributed by atoms with Crippen LogP contribution in [0.4, 0.5) is 11.8 Å². The highest BCUT2D eigenvalue weighted by molar-refractivity contribution is 5.61. The quantitative estimate of drug-likeness (QED) is 0.672. The lowest BCUT2D eigenvalue weighted by molar-refractivity contribution is 0.361. The van der Waals surface area contributed by atoms with Gasteiger partial charge in [-0.3, -0.25) is 4.98 Å². The summed E-state index contributed by atoms with van der Waals surface area (Å²) in [5.41, 5.74) is 1.76. The standard InChI is InChI=1S/C22H32N6/c1-2-6-18(7-3-1)26-22-27-20(19-8-4-5-12-24-19)16-21(28-22)25-15-11-17-9-13-23-14-10-17/h4-5,8,12,16-18,23H,1-3,6-7,9-11,13-15H2,(H2,25,26,27,28). The van der Waals surface area contributed by atoms with E-state index in [4.69, 9.17) is 9.97 Å². The van der Waals surface area contributed by atoms with Gasteiger partial charge >= 0.3 is 0 Å². The van der Waals surface area contributed by atoms with Crippen LogP contribution in [-0.4, -0.2) is 40.6 Å². The molecule has 150 valence electrons. The second-order valence-corrected chi connectivity index (χ2v) is 8.07. The van der Waals surface area contributed by atoms with Crippen LogP contribution in [0.1, 0.15) is 51.4 Å². The fourth-order valence-corrected chi connectivity index (χ4v) is 4.25. The molecular formula is C22H32N6. The Morgan fingerprint density at radius 3 is 2.61 bits per heavy atom. The van der Waals surface area contributed by atoms with Crippen molar-refractivity contribution in [2.75, 3.05) is 30.3 Å². The number of aromatic nitrogens is 3. The van der Waals surface area contributed by atoms with Crippen LogP contribution < -0.4 is 16.0 Å². The molecule has 0 amide bonds. The molecule has 0 radical (unpaired) electrons. The molecule has 0 aromatic carbocycles. The minimum absolute atomic E-state index is 0.482. The van der Waals surface area contributed by atoms with Crippen LogP contribution in [0.25, 0.3) is 11.4 Å². The van der Waals surface area contributed by atoms with Crippen molar-refractivity contribution in [2.45, 2.75) is 57.4 Å². The normalized spacial score (nSPS) is 18.7. The Hall–Kier alpha value is -2.21. The van der Waals surface area contributed by atoms with Crippen molar-refractivity contribution < 1.29 is 0 Å². The molecule has 4 rings (SSSR count). The lowest BCUT2D eigenvalue weighted by Crippen LogP contribution is -2.28. The number of anilines is 2. The van der Waals surface area contributed by atoms with Gasteiger partial charge in [0.1, 0.15) is 5.82 Å². The van der Waals surface area contributed by atoms with E-state index in [1.165, 1.54) is 51.4 Å². The van der Waals surface area contributed by atoms with E-state index >= 15 is 0 Å². The molecule has 0 atom stereocenters. The zero-order valence-electron chi connectivity index (χ0n) is 16.7. The molecular weight excluding hydrogens is 348 g/mol. The van der Waals surface area contributed by atoms with Crippen LogP contribution in [0.2, 0.25) is 0 Å². The Balaban J connectivity index is 1.46. The summed E-state index contributed by atoms with van der Waals surface area (Å²) in [6.45, 7) is 3.25. The van der Waals surface area contributed by atoms with E-state index in [2.05, 4.69) is 20.9 Å². The predicted molar refractivity (Wildman–Crippen MR) is 114 cm³/mol. The summed E-state index contributed by atoms with van der Waals surface area (Å²) >= 11 is 0. The highest BCUT2D eigenvalue weighted by Crippen LogP contribution is 2.24. The van der Waals surface area contributed by atoms with Gasteiger partial charge in [0, 0.05) is 24.8 Å². The van der Waals surface area contributed by atoms with Crippen molar-refractivity contribution >= 4 is 11.8 Å². The van der Waals surface area contributed by atoms with Crippen LogP contribution in [0.3, 0.4) is 0 Å². The van der Waals surface area contributed by atoms with E-state index in [1.54, 1.807) is 0 Å². The Kier molecular flexibility index (Phi) is 6.71. The number of piperidine rings is 1. The minimum atomic E-state index is 0.482. The largest absolute Gasteiger partial charge is 0.370 e. The Morgan fingerprint density at radius 1 is 0.964 bits per heavy atom. The predicted octanol–water partition coefficient (Wildman–Crippen LogP) is 4.08. The lowest BCUT2D eigenvalue weighted by atomic mass is 9.95. The second-order valence-electron chi connectivity index (χ2n) is 8.07. The van der Waals surface area contributed by atoms with E-state index in [0.29, 0.717) is 6.04 Å². The molecule has 6 heteroatoms. The number of pyridine rings is 1. The van der Waals surface area contributed by atoms with Gasteiger partial charge in [-0.25, -0.2) is 4.98 Å². The Labute approximate surface area is 168 Å². The summed E-state index contributed by atoms with van der Waals surface area (Å²) in [6.07, 6.45) is 11.9. The monoisotopic (exact) mass is 380 g/mol. The van der Waals surface area contributed by atoms with Crippen LogP contribution in [0.5, 0.6) is 0 Å². The van der Waals surface area contributed by atoms with Crippen molar-refractivity contribution in [3.05, 3.63) is 30.5 Å². The van der Waals surface area contributed by atoms with Crippen LogP contribution >= 0.6 is 0 Å². The van der Waals surface area contributed by atoms with Gasteiger partial charge in [0.25, 0.3) is 0 Å². The molecule has 0 spiro atoms. The average Bonchev–Trinajstić information content (AvgIpc) is 2.76. The van der Waals surface area contributed by atoms with E-state index in [1.807, 2.05) is 30.5 Å². The van der Waals surface area contributed by atoms with Gasteiger partial charge in [-0.15, -0.1) is 0 Å². The van der Waals surface area contributed by atoms with Gasteiger partial charge in [-0.1, -0.05) is 25.3 Å². The minimum Gasteiger partial charge on any atom is -0.370 e. The number of hydrogen-bond donors (Lipinski definition) is 3. The van der Waals surface area contributed by atoms with E-state index in [-0.39, 0.29) is 0 Å². The zero-order chi connectivity index (χ0) is 19.0. The smallest absolute Gasteiger partial charge is 0.225 e. The van der Waals surface area contributed by atoms with Crippen LogP contribution in [0, 0.1) is 5.92 Å². The lowest BCUT2D eigenvalue weighted by Gasteiger charge is -2.24. The third-order valence-corrected chi connectivity index (χ3v) is 5.91. The summed E-state index contributed by atoms with van der Waals surface area (Å²) in [7, 11) is 0. The molecule has 1 aliphatic heterocycles. The average molecular weight is 381 g/mol. The van der Waals surface area contributed by atoms with Gasteiger partial charge in [0.2, 0.25) is 5.95 Å². The summed E-state index contributed by atoms with van der Waals surface area (Å²) in [5, 5.41) is 10.6. The first-order valence-electron chi connectivity index (χ1n) is 10.9. The van der Waals surface area contributed by atoms with Crippen molar-refractivity contribution in [1.82, 2.24) is 20.3 Å². The SMILES string of the molecule is c1ccc(-c2cc(NCCC3CCNCC3)nc(NC3CCCCC3)n2)nc1. The molecule has 1 saturated carbocycles. The van der Waals surface area contributed by atoms with Crippen LogP contribution in [-0.2, 0) is 0 Å². The Bertz CT molecular complexity index is 723. The molecule has 0 unspecified atom stereocenters. The van der Waals surface area contributed by atoms with Crippen molar-refractivity contribution in [3.63, 3.8) is 0 Å².